The summed E-state index contributed by atoms with van der Waals surface area (Å²) in [5, 5.41) is 7.67. The number of methoxy groups -OCH3 is 1. The van der Waals surface area contributed by atoms with Crippen LogP contribution in [0.5, 0.6) is 11.5 Å². The fraction of sp³-hybridized carbons (Fsp3) is 0.172. The number of ether oxygens (including phenoxy) is 2. The lowest BCUT2D eigenvalue weighted by molar-refractivity contribution is -0.111. The van der Waals surface area contributed by atoms with E-state index in [1.165, 1.54) is 12.1 Å². The molecule has 0 bridgehead atoms. The van der Waals surface area contributed by atoms with Gasteiger partial charge in [0, 0.05) is 26.7 Å². The Morgan fingerprint density at radius 2 is 1.92 bits per heavy atom. The highest BCUT2D eigenvalue weighted by molar-refractivity contribution is 9.10. The van der Waals surface area contributed by atoms with Crippen molar-refractivity contribution in [2.24, 2.45) is 0 Å². The molecule has 0 unspecified atom stereocenters. The molecule has 0 saturated carbocycles. The van der Waals surface area contributed by atoms with Crippen molar-refractivity contribution < 1.29 is 18.7 Å². The molecule has 6 nitrogen and oxygen atoms in total. The molecule has 0 atom stereocenters. The molecule has 3 aromatic carbocycles. The van der Waals surface area contributed by atoms with Crippen LogP contribution in [0.25, 0.3) is 6.08 Å². The van der Waals surface area contributed by atoms with Gasteiger partial charge < -0.3 is 14.8 Å². The normalized spacial score (nSPS) is 11.1. The highest BCUT2D eigenvalue weighted by atomic mass is 79.9. The number of hydrogen-bond donors (Lipinski definition) is 1. The summed E-state index contributed by atoms with van der Waals surface area (Å²) in [5.74, 6) is 0.708. The standard InChI is InChI=1S/C29H26BrClFN3O3/c1-18-29(19(2)35(34-18)16-24-25(31)5-4-6-26(24)32)33-28(36)14-8-20-7-13-27(37-3)21(15-20)17-38-23-11-9-22(30)10-12-23/h4-15H,16-17H2,1-3H3,(H,33,36)/b14-8+. The third-order valence-corrected chi connectivity index (χ3v) is 6.82. The van der Waals surface area contributed by atoms with Gasteiger partial charge in [0.25, 0.3) is 0 Å². The number of carbonyl (C=O) groups is 1. The van der Waals surface area contributed by atoms with Crippen LogP contribution in [-0.4, -0.2) is 22.8 Å². The number of aromatic nitrogens is 2. The van der Waals surface area contributed by atoms with Crippen molar-refractivity contribution in [3.63, 3.8) is 0 Å². The summed E-state index contributed by atoms with van der Waals surface area (Å²) in [6.45, 7) is 4.06. The summed E-state index contributed by atoms with van der Waals surface area (Å²) in [7, 11) is 1.60. The van der Waals surface area contributed by atoms with Crippen molar-refractivity contribution in [2.45, 2.75) is 27.0 Å². The quantitative estimate of drug-likeness (QED) is 0.205. The lowest BCUT2D eigenvalue weighted by atomic mass is 10.1. The number of carbonyl (C=O) groups excluding carboxylic acids is 1. The molecular formula is C29H26BrClFN3O3. The second-order valence-corrected chi connectivity index (χ2v) is 9.86. The summed E-state index contributed by atoms with van der Waals surface area (Å²) in [5.41, 5.74) is 3.89. The van der Waals surface area contributed by atoms with Crippen LogP contribution in [0.4, 0.5) is 10.1 Å². The van der Waals surface area contributed by atoms with Crippen molar-refractivity contribution in [2.75, 3.05) is 12.4 Å². The van der Waals surface area contributed by atoms with E-state index in [2.05, 4.69) is 26.3 Å². The molecular weight excluding hydrogens is 573 g/mol. The molecule has 0 aliphatic carbocycles. The fourth-order valence-electron chi connectivity index (χ4n) is 3.91. The molecule has 38 heavy (non-hydrogen) atoms. The largest absolute Gasteiger partial charge is 0.496 e. The third kappa shape index (κ3) is 6.62. The number of aryl methyl sites for hydroxylation is 1. The van der Waals surface area contributed by atoms with E-state index in [1.54, 1.807) is 36.9 Å². The van der Waals surface area contributed by atoms with E-state index in [9.17, 15) is 9.18 Å². The Morgan fingerprint density at radius 1 is 1.16 bits per heavy atom. The maximum atomic E-state index is 14.3. The van der Waals surface area contributed by atoms with Crippen LogP contribution in [0, 0.1) is 19.7 Å². The summed E-state index contributed by atoms with van der Waals surface area (Å²) >= 11 is 9.58. The van der Waals surface area contributed by atoms with Gasteiger partial charge in [0.2, 0.25) is 5.91 Å². The number of nitrogens with zero attached hydrogens (tertiary/aromatic N) is 2. The maximum absolute atomic E-state index is 14.3. The Kier molecular flexibility index (Phi) is 8.86. The summed E-state index contributed by atoms with van der Waals surface area (Å²) in [6, 6.07) is 17.7. The molecule has 0 radical (unpaired) electrons. The van der Waals surface area contributed by atoms with Gasteiger partial charge in [-0.25, -0.2) is 4.39 Å². The highest BCUT2D eigenvalue weighted by Gasteiger charge is 2.16. The van der Waals surface area contributed by atoms with Crippen LogP contribution in [0.2, 0.25) is 5.02 Å². The van der Waals surface area contributed by atoms with Crippen molar-refractivity contribution in [3.05, 3.63) is 110 Å². The lowest BCUT2D eigenvalue weighted by Crippen LogP contribution is -2.10. The number of halogens is 3. The average Bonchev–Trinajstić information content (AvgIpc) is 3.16. The van der Waals surface area contributed by atoms with Gasteiger partial charge in [-0.1, -0.05) is 39.7 Å². The van der Waals surface area contributed by atoms with Gasteiger partial charge in [-0.15, -0.1) is 0 Å². The minimum absolute atomic E-state index is 0.154. The first kappa shape index (κ1) is 27.4. The fourth-order valence-corrected chi connectivity index (χ4v) is 4.40. The van der Waals surface area contributed by atoms with Crippen LogP contribution in [-0.2, 0) is 17.9 Å². The van der Waals surface area contributed by atoms with Gasteiger partial charge in [0.05, 0.1) is 30.7 Å². The van der Waals surface area contributed by atoms with Crippen LogP contribution in [0.1, 0.15) is 28.1 Å². The number of rotatable bonds is 9. The summed E-state index contributed by atoms with van der Waals surface area (Å²) < 4.78 is 28.2. The first-order valence-corrected chi connectivity index (χ1v) is 12.9. The van der Waals surface area contributed by atoms with Crippen LogP contribution in [0.15, 0.2) is 71.2 Å². The van der Waals surface area contributed by atoms with Gasteiger partial charge in [-0.3, -0.25) is 9.48 Å². The zero-order valence-electron chi connectivity index (χ0n) is 21.1. The lowest BCUT2D eigenvalue weighted by Gasteiger charge is -2.11. The molecule has 1 aromatic heterocycles. The predicted molar refractivity (Wildman–Crippen MR) is 151 cm³/mol. The zero-order chi connectivity index (χ0) is 27.2. The van der Waals surface area contributed by atoms with Gasteiger partial charge >= 0.3 is 0 Å². The SMILES string of the molecule is COc1ccc(/C=C/C(=O)Nc2c(C)nn(Cc3c(F)cccc3Cl)c2C)cc1COc1ccc(Br)cc1. The minimum atomic E-state index is -0.403. The van der Waals surface area contributed by atoms with Crippen LogP contribution >= 0.6 is 27.5 Å². The smallest absolute Gasteiger partial charge is 0.248 e. The molecule has 1 amide bonds. The van der Waals surface area contributed by atoms with Crippen molar-refractivity contribution >= 4 is 45.2 Å². The minimum Gasteiger partial charge on any atom is -0.496 e. The molecule has 0 aliphatic rings. The molecule has 1 N–H and O–H groups in total. The Balaban J connectivity index is 1.45. The molecule has 196 valence electrons. The molecule has 9 heteroatoms. The van der Waals surface area contributed by atoms with Gasteiger partial charge in [0.15, 0.2) is 0 Å². The Labute approximate surface area is 234 Å². The molecule has 4 aromatic rings. The predicted octanol–water partition coefficient (Wildman–Crippen LogP) is 7.34. The molecule has 0 spiro atoms. The topological polar surface area (TPSA) is 65.4 Å². The van der Waals surface area contributed by atoms with E-state index < -0.39 is 5.82 Å². The van der Waals surface area contributed by atoms with Crippen molar-refractivity contribution in [1.82, 2.24) is 9.78 Å². The average molecular weight is 599 g/mol. The monoisotopic (exact) mass is 597 g/mol. The Bertz CT molecular complexity index is 1470. The molecule has 1 heterocycles. The third-order valence-electron chi connectivity index (χ3n) is 5.94. The van der Waals surface area contributed by atoms with Gasteiger partial charge in [0.1, 0.15) is 23.9 Å². The van der Waals surface area contributed by atoms with Crippen LogP contribution < -0.4 is 14.8 Å². The van der Waals surface area contributed by atoms with E-state index >= 15 is 0 Å². The van der Waals surface area contributed by atoms with E-state index in [1.807, 2.05) is 49.4 Å². The van der Waals surface area contributed by atoms with Gasteiger partial charge in [-0.05, 0) is 74.0 Å². The number of amides is 1. The molecule has 4 rings (SSSR count). The van der Waals surface area contributed by atoms with E-state index in [-0.39, 0.29) is 12.5 Å². The number of benzene rings is 3. The zero-order valence-corrected chi connectivity index (χ0v) is 23.4. The van der Waals surface area contributed by atoms with E-state index in [0.29, 0.717) is 40.0 Å². The Hall–Kier alpha value is -3.62. The van der Waals surface area contributed by atoms with Crippen LogP contribution in [0.3, 0.4) is 0 Å². The molecule has 0 aliphatic heterocycles. The Morgan fingerprint density at radius 3 is 2.63 bits per heavy atom. The second-order valence-electron chi connectivity index (χ2n) is 8.54. The second kappa shape index (κ2) is 12.3. The van der Waals surface area contributed by atoms with Crippen molar-refractivity contribution in [3.8, 4) is 11.5 Å². The first-order valence-electron chi connectivity index (χ1n) is 11.8. The maximum Gasteiger partial charge on any atom is 0.248 e. The summed E-state index contributed by atoms with van der Waals surface area (Å²) in [6.07, 6.45) is 3.16. The number of hydrogen-bond acceptors (Lipinski definition) is 4. The summed E-state index contributed by atoms with van der Waals surface area (Å²) in [4.78, 5) is 12.7. The van der Waals surface area contributed by atoms with E-state index in [4.69, 9.17) is 21.1 Å². The number of anilines is 1. The molecule has 0 fully saturated rings. The first-order chi connectivity index (χ1) is 18.2. The van der Waals surface area contributed by atoms with E-state index in [0.717, 1.165) is 21.3 Å². The molecule has 0 saturated heterocycles. The van der Waals surface area contributed by atoms with Gasteiger partial charge in [-0.2, -0.15) is 5.10 Å². The van der Waals surface area contributed by atoms with Crippen molar-refractivity contribution in [1.29, 1.82) is 0 Å². The number of nitrogens with one attached hydrogen (secondary N) is 1. The highest BCUT2D eigenvalue weighted by Crippen LogP contribution is 2.26.